The van der Waals surface area contributed by atoms with Crippen molar-refractivity contribution in [2.75, 3.05) is 0 Å². The average Bonchev–Trinajstić information content (AvgIpc) is 2.49. The molecule has 0 fully saturated rings. The van der Waals surface area contributed by atoms with Gasteiger partial charge in [0.25, 0.3) is 0 Å². The molecule has 2 rings (SSSR count). The molecule has 20 heavy (non-hydrogen) atoms. The van der Waals surface area contributed by atoms with Crippen molar-refractivity contribution in [3.63, 3.8) is 0 Å². The molecule has 0 aliphatic carbocycles. The molecule has 0 N–H and O–H groups in total. The van der Waals surface area contributed by atoms with Crippen molar-refractivity contribution >= 4 is 5.78 Å². The highest BCUT2D eigenvalue weighted by molar-refractivity contribution is 5.76. The quantitative estimate of drug-likeness (QED) is 0.831. The van der Waals surface area contributed by atoms with Gasteiger partial charge in [0.2, 0.25) is 0 Å². The van der Waals surface area contributed by atoms with Gasteiger partial charge < -0.3 is 4.79 Å². The molecule has 3 nitrogen and oxygen atoms in total. The van der Waals surface area contributed by atoms with Gasteiger partial charge in [0.15, 0.2) is 0 Å². The van der Waals surface area contributed by atoms with Crippen LogP contribution in [0.15, 0.2) is 54.9 Å². The molecule has 0 amide bonds. The van der Waals surface area contributed by atoms with Gasteiger partial charge in [0, 0.05) is 24.7 Å². The molecule has 3 heteroatoms. The van der Waals surface area contributed by atoms with E-state index in [4.69, 9.17) is 0 Å². The zero-order valence-electron chi connectivity index (χ0n) is 11.4. The van der Waals surface area contributed by atoms with E-state index in [1.165, 1.54) is 0 Å². The maximum Gasteiger partial charge on any atom is 0.130 e. The van der Waals surface area contributed by atoms with Crippen LogP contribution in [0.3, 0.4) is 0 Å². The van der Waals surface area contributed by atoms with Crippen molar-refractivity contribution in [1.82, 2.24) is 4.98 Å². The summed E-state index contributed by atoms with van der Waals surface area (Å²) in [7, 11) is 0. The summed E-state index contributed by atoms with van der Waals surface area (Å²) in [5, 5.41) is 9.54. The molecule has 1 heterocycles. The molecule has 0 aliphatic rings. The van der Waals surface area contributed by atoms with Crippen LogP contribution in [0.2, 0.25) is 0 Å². The standard InChI is InChI=1S/C17H16N2O/c1-13(20)10-16(14-6-3-2-4-7-14)17(11-18)15-8-5-9-19-12-15/h2-9,12,16-17H,10H2,1H3. The molecule has 100 valence electrons. The molecule has 2 unspecified atom stereocenters. The SMILES string of the molecule is CC(=O)CC(c1ccccc1)C(C#N)c1cccnc1. The number of nitrogens with zero attached hydrogens (tertiary/aromatic N) is 2. The Morgan fingerprint density at radius 3 is 2.45 bits per heavy atom. The van der Waals surface area contributed by atoms with E-state index in [2.05, 4.69) is 11.1 Å². The van der Waals surface area contributed by atoms with Crippen LogP contribution in [0, 0.1) is 11.3 Å². The van der Waals surface area contributed by atoms with Gasteiger partial charge in [-0.15, -0.1) is 0 Å². The first-order chi connectivity index (χ1) is 9.72. The highest BCUT2D eigenvalue weighted by atomic mass is 16.1. The molecule has 0 spiro atoms. The molecule has 0 aliphatic heterocycles. The molecule has 0 radical (unpaired) electrons. The van der Waals surface area contributed by atoms with E-state index < -0.39 is 0 Å². The molecular formula is C17H16N2O. The van der Waals surface area contributed by atoms with Crippen LogP contribution >= 0.6 is 0 Å². The zero-order valence-corrected chi connectivity index (χ0v) is 11.4. The van der Waals surface area contributed by atoms with Crippen molar-refractivity contribution < 1.29 is 4.79 Å². The highest BCUT2D eigenvalue weighted by Gasteiger charge is 2.26. The van der Waals surface area contributed by atoms with E-state index in [1.807, 2.05) is 42.5 Å². The molecule has 2 aromatic rings. The van der Waals surface area contributed by atoms with Gasteiger partial charge in [-0.3, -0.25) is 4.98 Å². The summed E-state index contributed by atoms with van der Waals surface area (Å²) >= 11 is 0. The first kappa shape index (κ1) is 14.0. The molecule has 0 bridgehead atoms. The van der Waals surface area contributed by atoms with Crippen LogP contribution in [0.5, 0.6) is 0 Å². The number of rotatable bonds is 5. The van der Waals surface area contributed by atoms with E-state index in [1.54, 1.807) is 19.3 Å². The van der Waals surface area contributed by atoms with Crippen LogP contribution in [0.1, 0.15) is 36.3 Å². The van der Waals surface area contributed by atoms with Gasteiger partial charge in [0.1, 0.15) is 5.78 Å². The maximum absolute atomic E-state index is 11.6. The number of benzene rings is 1. The van der Waals surface area contributed by atoms with Crippen LogP contribution in [0.4, 0.5) is 0 Å². The third-order valence-electron chi connectivity index (χ3n) is 3.32. The molecule has 1 aromatic heterocycles. The summed E-state index contributed by atoms with van der Waals surface area (Å²) in [5.41, 5.74) is 1.86. The lowest BCUT2D eigenvalue weighted by molar-refractivity contribution is -0.117. The third kappa shape index (κ3) is 3.30. The number of carbonyl (C=O) groups excluding carboxylic acids is 1. The number of nitriles is 1. The van der Waals surface area contributed by atoms with E-state index in [0.717, 1.165) is 11.1 Å². The van der Waals surface area contributed by atoms with E-state index in [-0.39, 0.29) is 17.6 Å². The first-order valence-corrected chi connectivity index (χ1v) is 6.56. The molecule has 2 atom stereocenters. The Kier molecular flexibility index (Phi) is 4.62. The first-order valence-electron chi connectivity index (χ1n) is 6.56. The summed E-state index contributed by atoms with van der Waals surface area (Å²) in [6.07, 6.45) is 3.74. The Bertz CT molecular complexity index is 602. The summed E-state index contributed by atoms with van der Waals surface area (Å²) in [6, 6.07) is 15.8. The largest absolute Gasteiger partial charge is 0.300 e. The lowest BCUT2D eigenvalue weighted by Crippen LogP contribution is -2.13. The number of hydrogen-bond acceptors (Lipinski definition) is 3. The molecule has 0 saturated carbocycles. The number of hydrogen-bond donors (Lipinski definition) is 0. The number of carbonyl (C=O) groups is 1. The Labute approximate surface area is 118 Å². The van der Waals surface area contributed by atoms with Crippen molar-refractivity contribution in [3.05, 3.63) is 66.0 Å². The second kappa shape index (κ2) is 6.63. The number of ketones is 1. The molecule has 0 saturated heterocycles. The molecule has 1 aromatic carbocycles. The van der Waals surface area contributed by atoms with Gasteiger partial charge in [-0.2, -0.15) is 5.26 Å². The Morgan fingerprint density at radius 1 is 1.20 bits per heavy atom. The number of pyridine rings is 1. The Hall–Kier alpha value is -2.47. The average molecular weight is 264 g/mol. The number of Topliss-reactive ketones (excluding diaryl/α,β-unsaturated/α-hetero) is 1. The predicted octanol–water partition coefficient (Wildman–Crippen LogP) is 3.45. The predicted molar refractivity (Wildman–Crippen MR) is 77.1 cm³/mol. The fourth-order valence-corrected chi connectivity index (χ4v) is 2.39. The van der Waals surface area contributed by atoms with Crippen LogP contribution in [-0.4, -0.2) is 10.8 Å². The molecular weight excluding hydrogens is 248 g/mol. The summed E-state index contributed by atoms with van der Waals surface area (Å²) in [6.45, 7) is 1.56. The van der Waals surface area contributed by atoms with Gasteiger partial charge in [-0.25, -0.2) is 0 Å². The lowest BCUT2D eigenvalue weighted by atomic mass is 9.80. The van der Waals surface area contributed by atoms with Gasteiger partial charge in [0.05, 0.1) is 12.0 Å². The van der Waals surface area contributed by atoms with Gasteiger partial charge in [-0.1, -0.05) is 36.4 Å². The number of aromatic nitrogens is 1. The van der Waals surface area contributed by atoms with Crippen molar-refractivity contribution in [3.8, 4) is 6.07 Å². The maximum atomic E-state index is 11.6. The minimum absolute atomic E-state index is 0.0861. The van der Waals surface area contributed by atoms with Crippen molar-refractivity contribution in [1.29, 1.82) is 5.26 Å². The Balaban J connectivity index is 2.40. The normalized spacial score (nSPS) is 13.2. The van der Waals surface area contributed by atoms with Crippen molar-refractivity contribution in [2.45, 2.75) is 25.2 Å². The second-order valence-electron chi connectivity index (χ2n) is 4.82. The second-order valence-corrected chi connectivity index (χ2v) is 4.82. The van der Waals surface area contributed by atoms with Crippen LogP contribution in [0.25, 0.3) is 0 Å². The van der Waals surface area contributed by atoms with Gasteiger partial charge in [-0.05, 0) is 24.1 Å². The topological polar surface area (TPSA) is 53.8 Å². The summed E-state index contributed by atoms with van der Waals surface area (Å²) in [4.78, 5) is 15.6. The zero-order chi connectivity index (χ0) is 14.4. The highest BCUT2D eigenvalue weighted by Crippen LogP contribution is 2.35. The van der Waals surface area contributed by atoms with Gasteiger partial charge >= 0.3 is 0 Å². The smallest absolute Gasteiger partial charge is 0.130 e. The fourth-order valence-electron chi connectivity index (χ4n) is 2.39. The summed E-state index contributed by atoms with van der Waals surface area (Å²) in [5.74, 6) is -0.416. The van der Waals surface area contributed by atoms with E-state index in [0.29, 0.717) is 6.42 Å². The Morgan fingerprint density at radius 2 is 1.90 bits per heavy atom. The van der Waals surface area contributed by atoms with Crippen molar-refractivity contribution in [2.24, 2.45) is 0 Å². The van der Waals surface area contributed by atoms with E-state index in [9.17, 15) is 10.1 Å². The summed E-state index contributed by atoms with van der Waals surface area (Å²) < 4.78 is 0. The minimum Gasteiger partial charge on any atom is -0.300 e. The van der Waals surface area contributed by atoms with Crippen LogP contribution in [-0.2, 0) is 4.79 Å². The monoisotopic (exact) mass is 264 g/mol. The van der Waals surface area contributed by atoms with E-state index >= 15 is 0 Å². The van der Waals surface area contributed by atoms with Crippen LogP contribution < -0.4 is 0 Å². The third-order valence-corrected chi connectivity index (χ3v) is 3.32. The fraction of sp³-hybridized carbons (Fsp3) is 0.235. The minimum atomic E-state index is -0.366. The lowest BCUT2D eigenvalue weighted by Gasteiger charge is -2.21.